The predicted molar refractivity (Wildman–Crippen MR) is 77.3 cm³/mol. The fraction of sp³-hybridized carbons (Fsp3) is 0.917. The lowest BCUT2D eigenvalue weighted by molar-refractivity contribution is -0.142. The van der Waals surface area contributed by atoms with Gasteiger partial charge in [0.25, 0.3) is 0 Å². The predicted octanol–water partition coefficient (Wildman–Crippen LogP) is 2.08. The summed E-state index contributed by atoms with van der Waals surface area (Å²) in [7, 11) is -2.58. The van der Waals surface area contributed by atoms with Gasteiger partial charge in [-0.1, -0.05) is 0 Å². The fourth-order valence-electron chi connectivity index (χ4n) is 1.74. The van der Waals surface area contributed by atoms with E-state index in [2.05, 4.69) is 0 Å². The van der Waals surface area contributed by atoms with Gasteiger partial charge in [-0.2, -0.15) is 0 Å². The van der Waals surface area contributed by atoms with Crippen LogP contribution in [0.25, 0.3) is 0 Å². The monoisotopic (exact) mass is 308 g/mol. The molecule has 1 fully saturated rings. The molecule has 1 aliphatic heterocycles. The van der Waals surface area contributed by atoms with Gasteiger partial charge in [0, 0.05) is 31.6 Å². The summed E-state index contributed by atoms with van der Waals surface area (Å²) in [6, 6.07) is 0.688. The van der Waals surface area contributed by atoms with Gasteiger partial charge < -0.3 is 18.0 Å². The van der Waals surface area contributed by atoms with Crippen molar-refractivity contribution in [3.63, 3.8) is 0 Å². The summed E-state index contributed by atoms with van der Waals surface area (Å²) >= 11 is 1.62. The molecule has 1 saturated heterocycles. The lowest BCUT2D eigenvalue weighted by Crippen LogP contribution is -2.46. The van der Waals surface area contributed by atoms with Gasteiger partial charge in [0.2, 0.25) is 0 Å². The minimum Gasteiger partial charge on any atom is -0.465 e. The van der Waals surface area contributed by atoms with Gasteiger partial charge in [0.1, 0.15) is 5.25 Å². The SMILES string of the molecule is CCO[Si](CCCOC(=O)C1CS1)(OCC)OCC. The summed E-state index contributed by atoms with van der Waals surface area (Å²) in [6.07, 6.45) is 0.718. The normalized spacial score (nSPS) is 18.4. The highest BCUT2D eigenvalue weighted by Gasteiger charge is 2.40. The summed E-state index contributed by atoms with van der Waals surface area (Å²) in [4.78, 5) is 11.4. The molecular formula is C12H24O5SSi. The van der Waals surface area contributed by atoms with Gasteiger partial charge in [-0.3, -0.25) is 4.79 Å². The summed E-state index contributed by atoms with van der Waals surface area (Å²) in [5.74, 6) is 0.801. The van der Waals surface area contributed by atoms with Crippen LogP contribution in [0.15, 0.2) is 0 Å². The quantitative estimate of drug-likeness (QED) is 0.252. The highest BCUT2D eigenvalue weighted by Crippen LogP contribution is 2.31. The number of ether oxygens (including phenoxy) is 1. The number of thioether (sulfide) groups is 1. The molecule has 7 heteroatoms. The van der Waals surface area contributed by atoms with Crippen LogP contribution in [0.2, 0.25) is 6.04 Å². The van der Waals surface area contributed by atoms with Crippen LogP contribution in [0.3, 0.4) is 0 Å². The minimum atomic E-state index is -2.58. The number of hydrogen-bond donors (Lipinski definition) is 0. The van der Waals surface area contributed by atoms with Gasteiger partial charge in [-0.15, -0.1) is 11.8 Å². The standard InChI is InChI=1S/C12H24O5SSi/c1-4-15-19(16-5-2,17-6-3)9-7-8-14-12(13)11-10-18-11/h11H,4-10H2,1-3H3. The average Bonchev–Trinajstić information content (AvgIpc) is 3.19. The van der Waals surface area contributed by atoms with Crippen molar-refractivity contribution in [1.29, 1.82) is 0 Å². The molecule has 0 aromatic carbocycles. The molecule has 0 spiro atoms. The second-order valence-electron chi connectivity index (χ2n) is 4.08. The summed E-state index contributed by atoms with van der Waals surface area (Å²) < 4.78 is 22.4. The molecule has 0 N–H and O–H groups in total. The lowest BCUT2D eigenvalue weighted by Gasteiger charge is -2.28. The number of carbonyl (C=O) groups excluding carboxylic acids is 1. The zero-order valence-electron chi connectivity index (χ0n) is 12.0. The number of carbonyl (C=O) groups is 1. The van der Waals surface area contributed by atoms with E-state index in [0.29, 0.717) is 32.5 Å². The van der Waals surface area contributed by atoms with Gasteiger partial charge in [-0.05, 0) is 27.2 Å². The van der Waals surface area contributed by atoms with Crippen LogP contribution in [0.1, 0.15) is 27.2 Å². The van der Waals surface area contributed by atoms with E-state index in [-0.39, 0.29) is 11.2 Å². The van der Waals surface area contributed by atoms with Crippen molar-refractivity contribution in [1.82, 2.24) is 0 Å². The van der Waals surface area contributed by atoms with Crippen molar-refractivity contribution < 1.29 is 22.8 Å². The zero-order valence-corrected chi connectivity index (χ0v) is 13.8. The van der Waals surface area contributed by atoms with E-state index in [9.17, 15) is 4.79 Å². The largest absolute Gasteiger partial charge is 0.501 e. The average molecular weight is 308 g/mol. The first kappa shape index (κ1) is 17.0. The number of esters is 1. The maximum Gasteiger partial charge on any atom is 0.501 e. The van der Waals surface area contributed by atoms with Crippen molar-refractivity contribution in [3.05, 3.63) is 0 Å². The Kier molecular flexibility index (Phi) is 8.01. The smallest absolute Gasteiger partial charge is 0.465 e. The molecular weight excluding hydrogens is 284 g/mol. The minimum absolute atomic E-state index is 0.0766. The highest BCUT2D eigenvalue weighted by molar-refractivity contribution is 8.07. The van der Waals surface area contributed by atoms with Crippen molar-refractivity contribution in [2.45, 2.75) is 38.5 Å². The lowest BCUT2D eigenvalue weighted by atomic mass is 10.5. The summed E-state index contributed by atoms with van der Waals surface area (Å²) in [5, 5.41) is 0.0766. The topological polar surface area (TPSA) is 54.0 Å². The molecule has 19 heavy (non-hydrogen) atoms. The van der Waals surface area contributed by atoms with Crippen molar-refractivity contribution in [3.8, 4) is 0 Å². The summed E-state index contributed by atoms with van der Waals surface area (Å²) in [6.45, 7) is 7.94. The van der Waals surface area contributed by atoms with E-state index < -0.39 is 8.80 Å². The van der Waals surface area contributed by atoms with E-state index in [1.807, 2.05) is 20.8 Å². The molecule has 0 aromatic rings. The van der Waals surface area contributed by atoms with Gasteiger partial charge in [-0.25, -0.2) is 0 Å². The Morgan fingerprint density at radius 2 is 1.68 bits per heavy atom. The Bertz CT molecular complexity index is 256. The molecule has 112 valence electrons. The zero-order chi connectivity index (χ0) is 14.1. The van der Waals surface area contributed by atoms with E-state index in [0.717, 1.165) is 12.2 Å². The Hall–Kier alpha value is -0.0831. The maximum absolute atomic E-state index is 11.4. The molecule has 1 unspecified atom stereocenters. The Morgan fingerprint density at radius 1 is 1.16 bits per heavy atom. The first-order chi connectivity index (χ1) is 9.17. The number of rotatable bonds is 11. The molecule has 5 nitrogen and oxygen atoms in total. The second kappa shape index (κ2) is 8.96. The molecule has 0 aromatic heterocycles. The third-order valence-electron chi connectivity index (χ3n) is 2.56. The molecule has 0 radical (unpaired) electrons. The van der Waals surface area contributed by atoms with Crippen LogP contribution >= 0.6 is 11.8 Å². The van der Waals surface area contributed by atoms with Crippen LogP contribution in [0.5, 0.6) is 0 Å². The number of hydrogen-bond acceptors (Lipinski definition) is 6. The van der Waals surface area contributed by atoms with Gasteiger partial charge >= 0.3 is 14.8 Å². The van der Waals surface area contributed by atoms with Gasteiger partial charge in [0.05, 0.1) is 6.61 Å². The van der Waals surface area contributed by atoms with Crippen molar-refractivity contribution in [2.24, 2.45) is 0 Å². The fourth-order valence-corrected chi connectivity index (χ4v) is 4.76. The summed E-state index contributed by atoms with van der Waals surface area (Å²) in [5.41, 5.74) is 0. The molecule has 0 amide bonds. The molecule has 0 aliphatic carbocycles. The van der Waals surface area contributed by atoms with E-state index in [1.54, 1.807) is 11.8 Å². The molecule has 1 heterocycles. The van der Waals surface area contributed by atoms with Crippen LogP contribution in [0.4, 0.5) is 0 Å². The third-order valence-corrected chi connectivity index (χ3v) is 6.57. The molecule has 1 atom stereocenters. The van der Waals surface area contributed by atoms with Crippen LogP contribution in [-0.2, 0) is 22.8 Å². The molecule has 0 saturated carbocycles. The van der Waals surface area contributed by atoms with E-state index >= 15 is 0 Å². The van der Waals surface area contributed by atoms with E-state index in [1.165, 1.54) is 0 Å². The first-order valence-corrected chi connectivity index (χ1v) is 9.85. The Balaban J connectivity index is 2.30. The second-order valence-corrected chi connectivity index (χ2v) is 8.04. The maximum atomic E-state index is 11.4. The van der Waals surface area contributed by atoms with Crippen LogP contribution in [-0.4, -0.2) is 52.2 Å². The Morgan fingerprint density at radius 3 is 2.11 bits per heavy atom. The van der Waals surface area contributed by atoms with E-state index in [4.69, 9.17) is 18.0 Å². The molecule has 0 bridgehead atoms. The van der Waals surface area contributed by atoms with Crippen LogP contribution in [0, 0.1) is 0 Å². The Labute approximate surface area is 120 Å². The molecule has 1 rings (SSSR count). The first-order valence-electron chi connectivity index (χ1n) is 6.87. The van der Waals surface area contributed by atoms with Crippen LogP contribution < -0.4 is 0 Å². The van der Waals surface area contributed by atoms with Crippen molar-refractivity contribution in [2.75, 3.05) is 32.2 Å². The van der Waals surface area contributed by atoms with Crippen molar-refractivity contribution >= 4 is 26.5 Å². The highest BCUT2D eigenvalue weighted by atomic mass is 32.2. The molecule has 1 aliphatic rings. The van der Waals surface area contributed by atoms with Gasteiger partial charge in [0.15, 0.2) is 0 Å². The third kappa shape index (κ3) is 6.27.